The highest BCUT2D eigenvalue weighted by Crippen LogP contribution is 2.51. The fourth-order valence-electron chi connectivity index (χ4n) is 4.39. The van der Waals surface area contributed by atoms with Crippen molar-refractivity contribution in [2.45, 2.75) is 76.7 Å². The third-order valence-corrected chi connectivity index (χ3v) is 6.84. The maximum absolute atomic E-state index is 6.35. The molecule has 0 heterocycles. The minimum absolute atomic E-state index is 0.0181. The Hall–Kier alpha value is -0.240. The van der Waals surface area contributed by atoms with E-state index in [0.717, 1.165) is 25.7 Å². The standard InChI is InChI=1S/C20H30Cl2O/c1-5-7-15(6-2)20(12-10-19(3,23-4)11-13-20)16-8-9-17(21)18(22)14-16/h8-9,14-15H,5-7,10-13H2,1-4H3/t15-,19-,20-/m0/s1. The van der Waals surface area contributed by atoms with Gasteiger partial charge < -0.3 is 4.74 Å². The Morgan fingerprint density at radius 3 is 2.22 bits per heavy atom. The van der Waals surface area contributed by atoms with Gasteiger partial charge in [0.25, 0.3) is 0 Å². The average Bonchev–Trinajstić information content (AvgIpc) is 2.56. The Labute approximate surface area is 151 Å². The van der Waals surface area contributed by atoms with Crippen molar-refractivity contribution in [2.75, 3.05) is 7.11 Å². The number of ether oxygens (including phenoxy) is 1. The molecule has 0 aromatic heterocycles. The number of benzene rings is 1. The molecule has 130 valence electrons. The molecule has 1 aliphatic carbocycles. The molecular formula is C20H30Cl2O. The van der Waals surface area contributed by atoms with Crippen LogP contribution in [0.3, 0.4) is 0 Å². The van der Waals surface area contributed by atoms with E-state index in [4.69, 9.17) is 27.9 Å². The molecule has 0 spiro atoms. The topological polar surface area (TPSA) is 9.23 Å². The maximum atomic E-state index is 6.35. The van der Waals surface area contributed by atoms with Crippen LogP contribution >= 0.6 is 23.2 Å². The minimum atomic E-state index is 0.0181. The molecule has 0 unspecified atom stereocenters. The number of hydrogen-bond acceptors (Lipinski definition) is 1. The number of methoxy groups -OCH3 is 1. The second-order valence-corrected chi connectivity index (χ2v) is 8.15. The molecule has 2 rings (SSSR count). The van der Waals surface area contributed by atoms with Crippen molar-refractivity contribution in [3.05, 3.63) is 33.8 Å². The van der Waals surface area contributed by atoms with Crippen LogP contribution in [0.2, 0.25) is 10.0 Å². The highest BCUT2D eigenvalue weighted by atomic mass is 35.5. The van der Waals surface area contributed by atoms with Gasteiger partial charge in [-0.2, -0.15) is 0 Å². The third-order valence-electron chi connectivity index (χ3n) is 6.10. The van der Waals surface area contributed by atoms with Gasteiger partial charge in [-0.3, -0.25) is 0 Å². The van der Waals surface area contributed by atoms with Crippen molar-refractivity contribution >= 4 is 23.2 Å². The first kappa shape index (κ1) is 19.1. The normalized spacial score (nSPS) is 29.5. The van der Waals surface area contributed by atoms with E-state index in [1.165, 1.54) is 24.8 Å². The highest BCUT2D eigenvalue weighted by molar-refractivity contribution is 6.42. The quantitative estimate of drug-likeness (QED) is 0.531. The largest absolute Gasteiger partial charge is 0.379 e. The van der Waals surface area contributed by atoms with Crippen LogP contribution in [0.1, 0.15) is 71.3 Å². The zero-order valence-electron chi connectivity index (χ0n) is 14.9. The van der Waals surface area contributed by atoms with Crippen molar-refractivity contribution in [1.29, 1.82) is 0 Å². The van der Waals surface area contributed by atoms with E-state index < -0.39 is 0 Å². The lowest BCUT2D eigenvalue weighted by Gasteiger charge is -2.49. The molecule has 1 nitrogen and oxygen atoms in total. The van der Waals surface area contributed by atoms with Gasteiger partial charge in [0.2, 0.25) is 0 Å². The Bertz CT molecular complexity index is 518. The molecule has 3 heteroatoms. The predicted octanol–water partition coefficient (Wildman–Crippen LogP) is 7.04. The Kier molecular flexibility index (Phi) is 6.44. The molecular weight excluding hydrogens is 327 g/mol. The van der Waals surface area contributed by atoms with E-state index >= 15 is 0 Å². The van der Waals surface area contributed by atoms with Crippen LogP contribution in [0.4, 0.5) is 0 Å². The van der Waals surface area contributed by atoms with Gasteiger partial charge in [0.15, 0.2) is 0 Å². The van der Waals surface area contributed by atoms with E-state index in [1.807, 2.05) is 13.2 Å². The smallest absolute Gasteiger partial charge is 0.0651 e. The van der Waals surface area contributed by atoms with Crippen molar-refractivity contribution < 1.29 is 4.74 Å². The molecule has 0 amide bonds. The zero-order chi connectivity index (χ0) is 17.1. The molecule has 0 radical (unpaired) electrons. The van der Waals surface area contributed by atoms with Crippen LogP contribution in [-0.2, 0) is 10.2 Å². The first-order valence-electron chi connectivity index (χ1n) is 8.91. The molecule has 1 aliphatic rings. The summed E-state index contributed by atoms with van der Waals surface area (Å²) in [7, 11) is 1.84. The molecule has 0 bridgehead atoms. The lowest BCUT2D eigenvalue weighted by Crippen LogP contribution is -2.45. The third kappa shape index (κ3) is 3.89. The summed E-state index contributed by atoms with van der Waals surface area (Å²) < 4.78 is 5.78. The first-order chi connectivity index (χ1) is 10.9. The van der Waals surface area contributed by atoms with Crippen molar-refractivity contribution in [3.63, 3.8) is 0 Å². The summed E-state index contributed by atoms with van der Waals surface area (Å²) in [5.41, 5.74) is 1.59. The number of halogens is 2. The second-order valence-electron chi connectivity index (χ2n) is 7.33. The van der Waals surface area contributed by atoms with Gasteiger partial charge in [-0.1, -0.05) is 56.0 Å². The average molecular weight is 357 g/mol. The zero-order valence-corrected chi connectivity index (χ0v) is 16.4. The highest BCUT2D eigenvalue weighted by Gasteiger charge is 2.45. The molecule has 0 N–H and O–H groups in total. The number of hydrogen-bond donors (Lipinski definition) is 0. The summed E-state index contributed by atoms with van der Waals surface area (Å²) in [6.45, 7) is 6.85. The Morgan fingerprint density at radius 2 is 1.74 bits per heavy atom. The van der Waals surface area contributed by atoms with Crippen LogP contribution in [0, 0.1) is 5.92 Å². The molecule has 1 atom stereocenters. The van der Waals surface area contributed by atoms with E-state index in [1.54, 1.807) is 0 Å². The van der Waals surface area contributed by atoms with Crippen molar-refractivity contribution in [2.24, 2.45) is 5.92 Å². The SMILES string of the molecule is CCC[C@H](CC)[C@]1(c2ccc(Cl)c(Cl)c2)CC[C@](C)(OC)CC1. The van der Waals surface area contributed by atoms with Gasteiger partial charge in [0.1, 0.15) is 0 Å². The second kappa shape index (κ2) is 7.76. The molecule has 0 aliphatic heterocycles. The summed E-state index contributed by atoms with van der Waals surface area (Å²) in [5, 5.41) is 1.32. The van der Waals surface area contributed by atoms with Gasteiger partial charge in [0, 0.05) is 7.11 Å². The van der Waals surface area contributed by atoms with E-state index in [9.17, 15) is 0 Å². The lowest BCUT2D eigenvalue weighted by molar-refractivity contribution is -0.0488. The molecule has 1 fully saturated rings. The lowest BCUT2D eigenvalue weighted by atomic mass is 9.58. The van der Waals surface area contributed by atoms with Gasteiger partial charge in [-0.15, -0.1) is 0 Å². The fraction of sp³-hybridized carbons (Fsp3) is 0.700. The van der Waals surface area contributed by atoms with Crippen molar-refractivity contribution in [3.8, 4) is 0 Å². The maximum Gasteiger partial charge on any atom is 0.0651 e. The summed E-state index contributed by atoms with van der Waals surface area (Å²) in [4.78, 5) is 0. The van der Waals surface area contributed by atoms with Gasteiger partial charge in [-0.05, 0) is 68.1 Å². The summed E-state index contributed by atoms with van der Waals surface area (Å²) in [6.07, 6.45) is 8.22. The molecule has 1 aromatic rings. The van der Waals surface area contributed by atoms with Crippen LogP contribution in [-0.4, -0.2) is 12.7 Å². The molecule has 0 saturated heterocycles. The summed E-state index contributed by atoms with van der Waals surface area (Å²) in [5.74, 6) is 0.686. The van der Waals surface area contributed by atoms with Crippen LogP contribution in [0.25, 0.3) is 0 Å². The van der Waals surface area contributed by atoms with Crippen LogP contribution in [0.15, 0.2) is 18.2 Å². The Morgan fingerprint density at radius 1 is 1.09 bits per heavy atom. The predicted molar refractivity (Wildman–Crippen MR) is 101 cm³/mol. The van der Waals surface area contributed by atoms with E-state index in [0.29, 0.717) is 16.0 Å². The van der Waals surface area contributed by atoms with E-state index in [-0.39, 0.29) is 11.0 Å². The minimum Gasteiger partial charge on any atom is -0.379 e. The molecule has 23 heavy (non-hydrogen) atoms. The first-order valence-corrected chi connectivity index (χ1v) is 9.67. The Balaban J connectivity index is 2.41. The summed E-state index contributed by atoms with van der Waals surface area (Å²) in [6, 6.07) is 6.27. The van der Waals surface area contributed by atoms with Crippen molar-refractivity contribution in [1.82, 2.24) is 0 Å². The summed E-state index contributed by atoms with van der Waals surface area (Å²) >= 11 is 12.5. The monoisotopic (exact) mass is 356 g/mol. The molecule has 1 aromatic carbocycles. The van der Waals surface area contributed by atoms with Crippen LogP contribution in [0.5, 0.6) is 0 Å². The van der Waals surface area contributed by atoms with Crippen LogP contribution < -0.4 is 0 Å². The van der Waals surface area contributed by atoms with Gasteiger partial charge >= 0.3 is 0 Å². The molecule has 1 saturated carbocycles. The fourth-order valence-corrected chi connectivity index (χ4v) is 4.69. The van der Waals surface area contributed by atoms with Gasteiger partial charge in [-0.25, -0.2) is 0 Å². The van der Waals surface area contributed by atoms with Gasteiger partial charge in [0.05, 0.1) is 15.6 Å². The van der Waals surface area contributed by atoms with E-state index in [2.05, 4.69) is 32.9 Å². The number of rotatable bonds is 6.